The van der Waals surface area contributed by atoms with Crippen molar-refractivity contribution in [1.82, 2.24) is 4.98 Å². The summed E-state index contributed by atoms with van der Waals surface area (Å²) < 4.78 is 47.1. The lowest BCUT2D eigenvalue weighted by molar-refractivity contribution is -0.117. The molecular weight excluding hydrogens is 511 g/mol. The van der Waals surface area contributed by atoms with E-state index in [0.717, 1.165) is 17.5 Å². The zero-order valence-electron chi connectivity index (χ0n) is 22.0. The lowest BCUT2D eigenvalue weighted by atomic mass is 9.89. The van der Waals surface area contributed by atoms with Crippen LogP contribution >= 0.6 is 7.60 Å². The number of aromatic nitrogens is 1. The summed E-state index contributed by atoms with van der Waals surface area (Å²) in [5.41, 5.74) is 1.66. The van der Waals surface area contributed by atoms with Gasteiger partial charge in [-0.25, -0.2) is 13.4 Å². The number of aryl methyl sites for hydroxylation is 1. The molecule has 0 radical (unpaired) electrons. The third-order valence-electron chi connectivity index (χ3n) is 6.77. The topological polar surface area (TPSA) is 112 Å². The molecule has 0 saturated heterocycles. The smallest absolute Gasteiger partial charge is 0.310 e. The highest BCUT2D eigenvalue weighted by atomic mass is 32.2. The summed E-state index contributed by atoms with van der Waals surface area (Å²) in [6, 6.07) is 10.2. The number of sulfone groups is 1. The standard InChI is InChI=1S/C27H39N2O6PS/c1-4-34-36(31,35-5-2)19-18-22-11-17-26(28-20-22)29-27(30)25(16-10-21-8-6-7-9-21)23-12-14-24(15-13-23)37(3,32)33/h11-15,17,20-21,25H,4-10,16,18-19H2,1-3H3,(H,28,29,30)/t25-/m1/s1. The minimum absolute atomic E-state index is 0.164. The Bertz CT molecular complexity index is 1150. The van der Waals surface area contributed by atoms with Gasteiger partial charge < -0.3 is 14.4 Å². The number of hydrogen-bond donors (Lipinski definition) is 1. The lowest BCUT2D eigenvalue weighted by Gasteiger charge is -2.19. The molecular formula is C27H39N2O6PS. The first-order valence-electron chi connectivity index (χ1n) is 13.1. The van der Waals surface area contributed by atoms with Gasteiger partial charge in [-0.1, -0.05) is 43.9 Å². The lowest BCUT2D eigenvalue weighted by Crippen LogP contribution is -2.22. The normalized spacial score (nSPS) is 15.5. The first-order chi connectivity index (χ1) is 17.6. The number of benzene rings is 1. The maximum atomic E-state index is 13.3. The van der Waals surface area contributed by atoms with Gasteiger partial charge in [0.2, 0.25) is 5.91 Å². The Hall–Kier alpha value is -2.06. The van der Waals surface area contributed by atoms with Crippen molar-refractivity contribution in [2.24, 2.45) is 5.92 Å². The van der Waals surface area contributed by atoms with Gasteiger partial charge in [-0.15, -0.1) is 0 Å². The van der Waals surface area contributed by atoms with E-state index in [4.69, 9.17) is 9.05 Å². The Labute approximate surface area is 221 Å². The number of pyridine rings is 1. The Morgan fingerprint density at radius 2 is 1.73 bits per heavy atom. The molecule has 1 aromatic heterocycles. The van der Waals surface area contributed by atoms with Crippen molar-refractivity contribution in [3.8, 4) is 0 Å². The maximum absolute atomic E-state index is 13.3. The van der Waals surface area contributed by atoms with Crippen molar-refractivity contribution in [3.05, 3.63) is 53.7 Å². The van der Waals surface area contributed by atoms with Gasteiger partial charge in [0.1, 0.15) is 5.82 Å². The molecule has 0 bridgehead atoms. The molecule has 1 amide bonds. The zero-order valence-corrected chi connectivity index (χ0v) is 23.7. The fraction of sp³-hybridized carbons (Fsp3) is 0.556. The molecule has 10 heteroatoms. The van der Waals surface area contributed by atoms with Gasteiger partial charge in [-0.2, -0.15) is 0 Å². The number of nitrogens with one attached hydrogen (secondary N) is 1. The quantitative estimate of drug-likeness (QED) is 0.288. The molecule has 37 heavy (non-hydrogen) atoms. The number of carbonyl (C=O) groups is 1. The van der Waals surface area contributed by atoms with Crippen molar-refractivity contribution in [1.29, 1.82) is 0 Å². The van der Waals surface area contributed by atoms with Crippen LogP contribution < -0.4 is 5.32 Å². The van der Waals surface area contributed by atoms with Crippen LogP contribution in [0.3, 0.4) is 0 Å². The van der Waals surface area contributed by atoms with Crippen LogP contribution in [0.15, 0.2) is 47.5 Å². The molecule has 1 aliphatic rings. The van der Waals surface area contributed by atoms with Gasteiger partial charge in [-0.3, -0.25) is 9.36 Å². The minimum Gasteiger partial charge on any atom is -0.310 e. The molecule has 1 aliphatic carbocycles. The molecule has 3 rings (SSSR count). The third-order valence-corrected chi connectivity index (χ3v) is 9.97. The fourth-order valence-corrected chi connectivity index (χ4v) is 7.07. The highest BCUT2D eigenvalue weighted by Gasteiger charge is 2.25. The molecule has 1 atom stereocenters. The van der Waals surface area contributed by atoms with Gasteiger partial charge >= 0.3 is 7.60 Å². The van der Waals surface area contributed by atoms with Gasteiger partial charge in [0, 0.05) is 12.5 Å². The Kier molecular flexibility index (Phi) is 10.9. The summed E-state index contributed by atoms with van der Waals surface area (Å²) in [6.45, 7) is 4.20. The third kappa shape index (κ3) is 9.02. The molecule has 1 N–H and O–H groups in total. The summed E-state index contributed by atoms with van der Waals surface area (Å²) >= 11 is 0. The van der Waals surface area contributed by atoms with Gasteiger partial charge in [0.05, 0.1) is 30.2 Å². The van der Waals surface area contributed by atoms with E-state index in [2.05, 4.69) is 10.3 Å². The van der Waals surface area contributed by atoms with E-state index in [1.54, 1.807) is 50.4 Å². The molecule has 1 fully saturated rings. The number of anilines is 1. The molecule has 1 aromatic carbocycles. The van der Waals surface area contributed by atoms with Crippen LogP contribution in [0.4, 0.5) is 5.82 Å². The van der Waals surface area contributed by atoms with Crippen LogP contribution in [0, 0.1) is 5.92 Å². The second kappa shape index (κ2) is 13.7. The summed E-state index contributed by atoms with van der Waals surface area (Å²) in [7, 11) is -6.44. The minimum atomic E-state index is -3.31. The van der Waals surface area contributed by atoms with Crippen LogP contribution in [-0.2, 0) is 34.7 Å². The first kappa shape index (κ1) is 29.5. The van der Waals surface area contributed by atoms with Gasteiger partial charge in [0.25, 0.3) is 0 Å². The second-order valence-electron chi connectivity index (χ2n) is 9.58. The number of amides is 1. The largest absolute Gasteiger partial charge is 0.330 e. The number of nitrogens with zero attached hydrogens (tertiary/aromatic N) is 1. The molecule has 0 aliphatic heterocycles. The Morgan fingerprint density at radius 1 is 1.08 bits per heavy atom. The van der Waals surface area contributed by atoms with Crippen molar-refractivity contribution in [3.63, 3.8) is 0 Å². The van der Waals surface area contributed by atoms with Gasteiger partial charge in [0.15, 0.2) is 9.84 Å². The average molecular weight is 551 g/mol. The van der Waals surface area contributed by atoms with Crippen molar-refractivity contribution in [2.45, 2.75) is 69.6 Å². The molecule has 0 spiro atoms. The second-order valence-corrected chi connectivity index (χ2v) is 13.8. The summed E-state index contributed by atoms with van der Waals surface area (Å²) in [6.07, 6.45) is 10.1. The predicted octanol–water partition coefficient (Wildman–Crippen LogP) is 5.99. The first-order valence-corrected chi connectivity index (χ1v) is 16.7. The number of hydrogen-bond acceptors (Lipinski definition) is 7. The van der Waals surface area contributed by atoms with Crippen LogP contribution in [0.5, 0.6) is 0 Å². The van der Waals surface area contributed by atoms with Crippen LogP contribution in [0.25, 0.3) is 0 Å². The molecule has 2 aromatic rings. The van der Waals surface area contributed by atoms with E-state index in [-0.39, 0.29) is 17.0 Å². The van der Waals surface area contributed by atoms with E-state index in [0.29, 0.717) is 37.8 Å². The highest BCUT2D eigenvalue weighted by Crippen LogP contribution is 2.48. The molecule has 204 valence electrons. The molecule has 1 heterocycles. The predicted molar refractivity (Wildman–Crippen MR) is 146 cm³/mol. The molecule has 0 unspecified atom stereocenters. The summed E-state index contributed by atoms with van der Waals surface area (Å²) in [5.74, 6) is 0.499. The number of rotatable bonds is 14. The van der Waals surface area contributed by atoms with E-state index in [1.165, 1.54) is 31.9 Å². The fourth-order valence-electron chi connectivity index (χ4n) is 4.78. The van der Waals surface area contributed by atoms with Crippen molar-refractivity contribution < 1.29 is 26.8 Å². The summed E-state index contributed by atoms with van der Waals surface area (Å²) in [4.78, 5) is 18.0. The van der Waals surface area contributed by atoms with E-state index in [9.17, 15) is 17.8 Å². The van der Waals surface area contributed by atoms with Crippen molar-refractivity contribution in [2.75, 3.05) is 30.9 Å². The van der Waals surface area contributed by atoms with Gasteiger partial charge in [-0.05, 0) is 68.4 Å². The van der Waals surface area contributed by atoms with Crippen LogP contribution in [0.2, 0.25) is 0 Å². The van der Waals surface area contributed by atoms with E-state index >= 15 is 0 Å². The number of carbonyl (C=O) groups excluding carboxylic acids is 1. The molecule has 8 nitrogen and oxygen atoms in total. The summed E-state index contributed by atoms with van der Waals surface area (Å²) in [5, 5.41) is 2.93. The van der Waals surface area contributed by atoms with E-state index in [1.807, 2.05) is 6.07 Å². The maximum Gasteiger partial charge on any atom is 0.330 e. The highest BCUT2D eigenvalue weighted by molar-refractivity contribution is 7.90. The van der Waals surface area contributed by atoms with Crippen molar-refractivity contribution >= 4 is 29.2 Å². The average Bonchev–Trinajstić information content (AvgIpc) is 3.38. The van der Waals surface area contributed by atoms with Crippen LogP contribution in [0.1, 0.15) is 69.4 Å². The Morgan fingerprint density at radius 3 is 2.27 bits per heavy atom. The zero-order chi connectivity index (χ0) is 26.9. The SMILES string of the molecule is CCOP(=O)(CCc1ccc(NC(=O)[C@H](CCC2CCCC2)c2ccc(S(C)(=O)=O)cc2)nc1)OCC. The van der Waals surface area contributed by atoms with E-state index < -0.39 is 23.4 Å². The van der Waals surface area contributed by atoms with Crippen LogP contribution in [-0.4, -0.2) is 44.9 Å². The monoisotopic (exact) mass is 550 g/mol. The molecule has 1 saturated carbocycles. The Balaban J connectivity index is 1.68.